The molecule has 1 amide bonds. The zero-order chi connectivity index (χ0) is 19.4. The summed E-state index contributed by atoms with van der Waals surface area (Å²) < 4.78 is 11.3. The van der Waals surface area contributed by atoms with Gasteiger partial charge in [-0.1, -0.05) is 19.1 Å². The van der Waals surface area contributed by atoms with Gasteiger partial charge in [0.1, 0.15) is 11.5 Å². The molecule has 0 radical (unpaired) electrons. The molecule has 0 aliphatic carbocycles. The highest BCUT2D eigenvalue weighted by atomic mass is 16.5. The van der Waals surface area contributed by atoms with E-state index in [1.807, 2.05) is 24.3 Å². The van der Waals surface area contributed by atoms with Crippen molar-refractivity contribution in [3.63, 3.8) is 0 Å². The Morgan fingerprint density at radius 1 is 1.22 bits per heavy atom. The molecule has 1 atom stereocenters. The number of aromatic carboxylic acids is 1. The van der Waals surface area contributed by atoms with E-state index in [0.29, 0.717) is 31.0 Å². The summed E-state index contributed by atoms with van der Waals surface area (Å²) in [5, 5.41) is 9.13. The van der Waals surface area contributed by atoms with Crippen molar-refractivity contribution in [2.24, 2.45) is 0 Å². The number of carbonyl (C=O) groups excluding carboxylic acids is 1. The number of carboxylic acids is 1. The van der Waals surface area contributed by atoms with Crippen LogP contribution in [0.5, 0.6) is 11.5 Å². The molecule has 1 heterocycles. The van der Waals surface area contributed by atoms with E-state index >= 15 is 0 Å². The molecule has 1 N–H and O–H groups in total. The smallest absolute Gasteiger partial charge is 0.335 e. The van der Waals surface area contributed by atoms with Crippen LogP contribution in [0.4, 0.5) is 5.69 Å². The van der Waals surface area contributed by atoms with Gasteiger partial charge in [0.15, 0.2) is 6.10 Å². The van der Waals surface area contributed by atoms with E-state index in [-0.39, 0.29) is 11.5 Å². The maximum absolute atomic E-state index is 12.5. The summed E-state index contributed by atoms with van der Waals surface area (Å²) >= 11 is 0. The molecule has 6 heteroatoms. The third-order valence-corrected chi connectivity index (χ3v) is 4.54. The zero-order valence-electron chi connectivity index (χ0n) is 15.5. The van der Waals surface area contributed by atoms with Gasteiger partial charge in [-0.3, -0.25) is 4.79 Å². The number of carboxylic acid groups (broad SMARTS) is 1. The van der Waals surface area contributed by atoms with Crippen LogP contribution >= 0.6 is 0 Å². The number of benzene rings is 2. The summed E-state index contributed by atoms with van der Waals surface area (Å²) in [6, 6.07) is 12.5. The number of aryl methyl sites for hydroxylation is 1. The molecule has 0 aromatic heterocycles. The summed E-state index contributed by atoms with van der Waals surface area (Å²) in [4.78, 5) is 25.3. The van der Waals surface area contributed by atoms with Gasteiger partial charge in [0.25, 0.3) is 5.91 Å². The third-order valence-electron chi connectivity index (χ3n) is 4.54. The summed E-state index contributed by atoms with van der Waals surface area (Å²) in [5.41, 5.74) is 1.98. The largest absolute Gasteiger partial charge is 0.494 e. The molecule has 0 fully saturated rings. The van der Waals surface area contributed by atoms with Crippen molar-refractivity contribution in [1.29, 1.82) is 0 Å². The average molecular weight is 369 g/mol. The predicted molar refractivity (Wildman–Crippen MR) is 102 cm³/mol. The first-order chi connectivity index (χ1) is 13.0. The fourth-order valence-electron chi connectivity index (χ4n) is 3.01. The van der Waals surface area contributed by atoms with Crippen molar-refractivity contribution in [2.75, 3.05) is 18.1 Å². The Hall–Kier alpha value is -3.02. The molecule has 2 aromatic carbocycles. The molecule has 1 aliphatic heterocycles. The number of fused-ring (bicyclic) bond motifs is 1. The fourth-order valence-corrected chi connectivity index (χ4v) is 3.01. The number of ether oxygens (including phenoxy) is 2. The number of amides is 1. The standard InChI is InChI=1S/C21H23NO5/c1-3-15-5-8-17(9-6-15)26-12-4-11-22-18-10-7-16(21(24)25)13-19(18)27-14(2)20(22)23/h5-10,13-14H,3-4,11-12H2,1-2H3,(H,24,25). The van der Waals surface area contributed by atoms with Crippen LogP contribution in [-0.2, 0) is 11.2 Å². The molecular formula is C21H23NO5. The quantitative estimate of drug-likeness (QED) is 0.756. The first-order valence-corrected chi connectivity index (χ1v) is 9.06. The van der Waals surface area contributed by atoms with E-state index in [0.717, 1.165) is 12.2 Å². The lowest BCUT2D eigenvalue weighted by atomic mass is 10.1. The second-order valence-corrected chi connectivity index (χ2v) is 6.44. The van der Waals surface area contributed by atoms with E-state index < -0.39 is 12.1 Å². The molecule has 0 saturated heterocycles. The Bertz CT molecular complexity index is 831. The molecule has 0 bridgehead atoms. The lowest BCUT2D eigenvalue weighted by Gasteiger charge is -2.33. The highest BCUT2D eigenvalue weighted by molar-refractivity contribution is 6.00. The number of hydrogen-bond donors (Lipinski definition) is 1. The van der Waals surface area contributed by atoms with Crippen LogP contribution in [0.15, 0.2) is 42.5 Å². The molecule has 6 nitrogen and oxygen atoms in total. The van der Waals surface area contributed by atoms with Gasteiger partial charge >= 0.3 is 5.97 Å². The van der Waals surface area contributed by atoms with Gasteiger partial charge in [-0.05, 0) is 55.7 Å². The van der Waals surface area contributed by atoms with Crippen molar-refractivity contribution in [2.45, 2.75) is 32.8 Å². The summed E-state index contributed by atoms with van der Waals surface area (Å²) in [6.07, 6.45) is 0.985. The molecule has 1 unspecified atom stereocenters. The average Bonchev–Trinajstić information content (AvgIpc) is 2.67. The maximum Gasteiger partial charge on any atom is 0.335 e. The van der Waals surface area contributed by atoms with E-state index in [9.17, 15) is 9.59 Å². The molecule has 1 aliphatic rings. The van der Waals surface area contributed by atoms with E-state index in [1.165, 1.54) is 17.7 Å². The number of anilines is 1. The second kappa shape index (κ2) is 8.12. The first kappa shape index (κ1) is 18.8. The number of hydrogen-bond acceptors (Lipinski definition) is 4. The Morgan fingerprint density at radius 3 is 2.63 bits per heavy atom. The SMILES string of the molecule is CCc1ccc(OCCCN2C(=O)C(C)Oc3cc(C(=O)O)ccc32)cc1. The Kier molecular flexibility index (Phi) is 5.64. The summed E-state index contributed by atoms with van der Waals surface area (Å²) in [7, 11) is 0. The molecule has 142 valence electrons. The van der Waals surface area contributed by atoms with Gasteiger partial charge < -0.3 is 19.5 Å². The van der Waals surface area contributed by atoms with Gasteiger partial charge in [0.2, 0.25) is 0 Å². The summed E-state index contributed by atoms with van der Waals surface area (Å²) in [6.45, 7) is 4.72. The lowest BCUT2D eigenvalue weighted by Crippen LogP contribution is -2.45. The minimum absolute atomic E-state index is 0.133. The fraction of sp³-hybridized carbons (Fsp3) is 0.333. The van der Waals surface area contributed by atoms with E-state index in [1.54, 1.807) is 17.9 Å². The zero-order valence-corrected chi connectivity index (χ0v) is 15.5. The van der Waals surface area contributed by atoms with Gasteiger partial charge in [0, 0.05) is 6.54 Å². The van der Waals surface area contributed by atoms with Gasteiger partial charge in [-0.25, -0.2) is 4.79 Å². The number of carbonyl (C=O) groups is 2. The predicted octanol–water partition coefficient (Wildman–Crippen LogP) is 3.53. The minimum Gasteiger partial charge on any atom is -0.494 e. The van der Waals surface area contributed by atoms with Crippen LogP contribution in [0.3, 0.4) is 0 Å². The second-order valence-electron chi connectivity index (χ2n) is 6.44. The number of nitrogens with zero attached hydrogens (tertiary/aromatic N) is 1. The van der Waals surface area contributed by atoms with E-state index in [4.69, 9.17) is 14.6 Å². The molecule has 0 saturated carbocycles. The molecule has 3 rings (SSSR count). The van der Waals surface area contributed by atoms with Crippen LogP contribution in [-0.4, -0.2) is 36.2 Å². The van der Waals surface area contributed by atoms with Crippen LogP contribution < -0.4 is 14.4 Å². The van der Waals surface area contributed by atoms with Crippen molar-refractivity contribution >= 4 is 17.6 Å². The topological polar surface area (TPSA) is 76.1 Å². The monoisotopic (exact) mass is 369 g/mol. The van der Waals surface area contributed by atoms with Crippen molar-refractivity contribution in [3.05, 3.63) is 53.6 Å². The Morgan fingerprint density at radius 2 is 1.96 bits per heavy atom. The first-order valence-electron chi connectivity index (χ1n) is 9.06. The minimum atomic E-state index is -1.03. The van der Waals surface area contributed by atoms with Gasteiger partial charge in [-0.15, -0.1) is 0 Å². The maximum atomic E-state index is 12.5. The lowest BCUT2D eigenvalue weighted by molar-refractivity contribution is -0.125. The van der Waals surface area contributed by atoms with Gasteiger partial charge in [-0.2, -0.15) is 0 Å². The van der Waals surface area contributed by atoms with Crippen LogP contribution in [0.2, 0.25) is 0 Å². The van der Waals surface area contributed by atoms with Crippen LogP contribution in [0.1, 0.15) is 36.2 Å². The van der Waals surface area contributed by atoms with Gasteiger partial charge in [0.05, 0.1) is 17.9 Å². The van der Waals surface area contributed by atoms with Crippen molar-refractivity contribution in [1.82, 2.24) is 0 Å². The summed E-state index contributed by atoms with van der Waals surface area (Å²) in [5.74, 6) is 0.0521. The Labute approximate surface area is 158 Å². The van der Waals surface area contributed by atoms with Crippen LogP contribution in [0, 0.1) is 0 Å². The molecule has 0 spiro atoms. The highest BCUT2D eigenvalue weighted by Gasteiger charge is 2.31. The van der Waals surface area contributed by atoms with Crippen molar-refractivity contribution in [3.8, 4) is 11.5 Å². The molecular weight excluding hydrogens is 346 g/mol. The third kappa shape index (κ3) is 4.22. The number of rotatable bonds is 7. The Balaban J connectivity index is 1.63. The highest BCUT2D eigenvalue weighted by Crippen LogP contribution is 2.35. The van der Waals surface area contributed by atoms with Crippen LogP contribution in [0.25, 0.3) is 0 Å². The normalized spacial score (nSPS) is 15.9. The van der Waals surface area contributed by atoms with E-state index in [2.05, 4.69) is 6.92 Å². The molecule has 27 heavy (non-hydrogen) atoms. The molecule has 2 aromatic rings. The van der Waals surface area contributed by atoms with Crippen molar-refractivity contribution < 1.29 is 24.2 Å².